The van der Waals surface area contributed by atoms with E-state index in [1.807, 2.05) is 31.4 Å². The van der Waals surface area contributed by atoms with Crippen LogP contribution in [0, 0.1) is 6.92 Å². The molecule has 1 aromatic carbocycles. The first-order chi connectivity index (χ1) is 9.13. The highest BCUT2D eigenvalue weighted by atomic mass is 15.1. The van der Waals surface area contributed by atoms with Crippen molar-refractivity contribution in [3.05, 3.63) is 59.3 Å². The van der Waals surface area contributed by atoms with Crippen molar-refractivity contribution in [1.82, 2.24) is 4.98 Å². The third-order valence-electron chi connectivity index (χ3n) is 3.50. The van der Waals surface area contributed by atoms with Gasteiger partial charge in [-0.15, -0.1) is 0 Å². The average molecular weight is 255 g/mol. The molecule has 1 aromatic heterocycles. The van der Waals surface area contributed by atoms with E-state index in [4.69, 9.17) is 5.73 Å². The molecule has 0 radical (unpaired) electrons. The Hall–Kier alpha value is -1.87. The highest BCUT2D eigenvalue weighted by Gasteiger charge is 2.13. The fourth-order valence-electron chi connectivity index (χ4n) is 2.09. The molecule has 19 heavy (non-hydrogen) atoms. The first-order valence-corrected chi connectivity index (χ1v) is 6.61. The standard InChI is InChI=1S/C16H21N3/c1-4-19(3)15-10-12(2)14(11-18-15)16(17)13-8-6-5-7-9-13/h5-11,16H,4,17H2,1-3H3/t16-/m0/s1. The third-order valence-corrected chi connectivity index (χ3v) is 3.50. The van der Waals surface area contributed by atoms with Crippen LogP contribution in [0.4, 0.5) is 5.82 Å². The van der Waals surface area contributed by atoms with Gasteiger partial charge in [0.1, 0.15) is 5.82 Å². The number of nitrogens with zero attached hydrogens (tertiary/aromatic N) is 2. The van der Waals surface area contributed by atoms with Gasteiger partial charge < -0.3 is 10.6 Å². The molecule has 2 rings (SSSR count). The van der Waals surface area contributed by atoms with Gasteiger partial charge in [0.15, 0.2) is 0 Å². The lowest BCUT2D eigenvalue weighted by atomic mass is 9.97. The molecule has 1 heterocycles. The van der Waals surface area contributed by atoms with Crippen molar-refractivity contribution in [1.29, 1.82) is 0 Å². The van der Waals surface area contributed by atoms with Crippen molar-refractivity contribution in [3.63, 3.8) is 0 Å². The normalized spacial score (nSPS) is 12.2. The van der Waals surface area contributed by atoms with E-state index in [2.05, 4.69) is 41.9 Å². The Morgan fingerprint density at radius 3 is 2.53 bits per heavy atom. The van der Waals surface area contributed by atoms with Crippen LogP contribution in [0.3, 0.4) is 0 Å². The molecule has 2 aromatic rings. The van der Waals surface area contributed by atoms with E-state index in [1.54, 1.807) is 0 Å². The van der Waals surface area contributed by atoms with Crippen LogP contribution in [0.2, 0.25) is 0 Å². The Morgan fingerprint density at radius 2 is 1.95 bits per heavy atom. The summed E-state index contributed by atoms with van der Waals surface area (Å²) in [7, 11) is 2.04. The van der Waals surface area contributed by atoms with Crippen molar-refractivity contribution >= 4 is 5.82 Å². The van der Waals surface area contributed by atoms with Gasteiger partial charge in [0.2, 0.25) is 0 Å². The second kappa shape index (κ2) is 5.85. The van der Waals surface area contributed by atoms with Crippen LogP contribution in [0.15, 0.2) is 42.6 Å². The lowest BCUT2D eigenvalue weighted by molar-refractivity contribution is 0.846. The summed E-state index contributed by atoms with van der Waals surface area (Å²) in [6.07, 6.45) is 1.90. The third kappa shape index (κ3) is 2.93. The molecule has 1 atom stereocenters. The smallest absolute Gasteiger partial charge is 0.128 e. The maximum atomic E-state index is 6.32. The number of aromatic nitrogens is 1. The molecule has 100 valence electrons. The molecule has 0 aliphatic rings. The highest BCUT2D eigenvalue weighted by Crippen LogP contribution is 2.24. The van der Waals surface area contributed by atoms with Crippen LogP contribution < -0.4 is 10.6 Å². The number of benzene rings is 1. The second-order valence-corrected chi connectivity index (χ2v) is 4.80. The average Bonchev–Trinajstić information content (AvgIpc) is 2.46. The molecule has 0 spiro atoms. The molecule has 0 saturated carbocycles. The van der Waals surface area contributed by atoms with E-state index in [0.717, 1.165) is 23.5 Å². The Bertz CT molecular complexity index is 537. The molecule has 0 aliphatic heterocycles. The van der Waals surface area contributed by atoms with Gasteiger partial charge in [0.05, 0.1) is 6.04 Å². The number of hydrogen-bond donors (Lipinski definition) is 1. The van der Waals surface area contributed by atoms with Crippen LogP contribution in [0.25, 0.3) is 0 Å². The molecule has 3 nitrogen and oxygen atoms in total. The van der Waals surface area contributed by atoms with Crippen LogP contribution >= 0.6 is 0 Å². The van der Waals surface area contributed by atoms with Crippen LogP contribution in [0.5, 0.6) is 0 Å². The molecule has 0 unspecified atom stereocenters. The molecule has 3 heteroatoms. The number of nitrogens with two attached hydrogens (primary N) is 1. The number of anilines is 1. The number of rotatable bonds is 4. The van der Waals surface area contributed by atoms with Crippen molar-refractivity contribution in [3.8, 4) is 0 Å². The molecule has 0 aliphatic carbocycles. The monoisotopic (exact) mass is 255 g/mol. The van der Waals surface area contributed by atoms with Crippen LogP contribution in [-0.2, 0) is 0 Å². The van der Waals surface area contributed by atoms with Gasteiger partial charge in [-0.1, -0.05) is 30.3 Å². The largest absolute Gasteiger partial charge is 0.360 e. The van der Waals surface area contributed by atoms with Crippen LogP contribution in [0.1, 0.15) is 29.7 Å². The van der Waals surface area contributed by atoms with E-state index in [9.17, 15) is 0 Å². The summed E-state index contributed by atoms with van der Waals surface area (Å²) in [5.74, 6) is 0.990. The predicted octanol–water partition coefficient (Wildman–Crippen LogP) is 2.89. The Labute approximate surface area is 115 Å². The highest BCUT2D eigenvalue weighted by molar-refractivity contribution is 5.45. The minimum absolute atomic E-state index is 0.116. The molecule has 2 N–H and O–H groups in total. The number of pyridine rings is 1. The molecule has 0 amide bonds. The summed E-state index contributed by atoms with van der Waals surface area (Å²) >= 11 is 0. The summed E-state index contributed by atoms with van der Waals surface area (Å²) in [4.78, 5) is 6.62. The molecular formula is C16H21N3. The first kappa shape index (κ1) is 13.6. The molecule has 0 fully saturated rings. The van der Waals surface area contributed by atoms with E-state index >= 15 is 0 Å². The summed E-state index contributed by atoms with van der Waals surface area (Å²) in [5, 5.41) is 0. The molecule has 0 bridgehead atoms. The Kier molecular flexibility index (Phi) is 4.17. The zero-order chi connectivity index (χ0) is 13.8. The summed E-state index contributed by atoms with van der Waals surface area (Å²) in [5.41, 5.74) is 9.70. The van der Waals surface area contributed by atoms with E-state index in [-0.39, 0.29) is 6.04 Å². The molecular weight excluding hydrogens is 234 g/mol. The Morgan fingerprint density at radius 1 is 1.26 bits per heavy atom. The van der Waals surface area contributed by atoms with Crippen LogP contribution in [-0.4, -0.2) is 18.6 Å². The summed E-state index contributed by atoms with van der Waals surface area (Å²) in [6.45, 7) is 5.14. The van der Waals surface area contributed by atoms with Gasteiger partial charge in [-0.2, -0.15) is 0 Å². The van der Waals surface area contributed by atoms with Gasteiger partial charge in [0.25, 0.3) is 0 Å². The second-order valence-electron chi connectivity index (χ2n) is 4.80. The fraction of sp³-hybridized carbons (Fsp3) is 0.312. The zero-order valence-electron chi connectivity index (χ0n) is 11.8. The predicted molar refractivity (Wildman–Crippen MR) is 80.4 cm³/mol. The number of aryl methyl sites for hydroxylation is 1. The lowest BCUT2D eigenvalue weighted by Gasteiger charge is -2.19. The van der Waals surface area contributed by atoms with E-state index in [1.165, 1.54) is 5.56 Å². The summed E-state index contributed by atoms with van der Waals surface area (Å²) in [6, 6.07) is 12.1. The zero-order valence-corrected chi connectivity index (χ0v) is 11.8. The topological polar surface area (TPSA) is 42.1 Å². The quantitative estimate of drug-likeness (QED) is 0.913. The van der Waals surface area contributed by atoms with Gasteiger partial charge in [0, 0.05) is 19.8 Å². The SMILES string of the molecule is CCN(C)c1cc(C)c([C@@H](N)c2ccccc2)cn1. The summed E-state index contributed by atoms with van der Waals surface area (Å²) < 4.78 is 0. The van der Waals surface area contributed by atoms with Gasteiger partial charge in [-0.25, -0.2) is 4.98 Å². The van der Waals surface area contributed by atoms with Gasteiger partial charge in [-0.3, -0.25) is 0 Å². The Balaban J connectivity index is 2.31. The lowest BCUT2D eigenvalue weighted by Crippen LogP contribution is -2.19. The minimum Gasteiger partial charge on any atom is -0.360 e. The fourth-order valence-corrected chi connectivity index (χ4v) is 2.09. The van der Waals surface area contributed by atoms with E-state index in [0.29, 0.717) is 0 Å². The van der Waals surface area contributed by atoms with Gasteiger partial charge in [-0.05, 0) is 36.6 Å². The van der Waals surface area contributed by atoms with Crippen molar-refractivity contribution in [2.24, 2.45) is 5.73 Å². The van der Waals surface area contributed by atoms with Crippen molar-refractivity contribution in [2.45, 2.75) is 19.9 Å². The number of hydrogen-bond acceptors (Lipinski definition) is 3. The van der Waals surface area contributed by atoms with Crippen molar-refractivity contribution < 1.29 is 0 Å². The van der Waals surface area contributed by atoms with E-state index < -0.39 is 0 Å². The first-order valence-electron chi connectivity index (χ1n) is 6.61. The maximum absolute atomic E-state index is 6.32. The maximum Gasteiger partial charge on any atom is 0.128 e. The van der Waals surface area contributed by atoms with Gasteiger partial charge >= 0.3 is 0 Å². The minimum atomic E-state index is -0.116. The molecule has 0 saturated heterocycles. The van der Waals surface area contributed by atoms with Crippen molar-refractivity contribution in [2.75, 3.05) is 18.5 Å².